The van der Waals surface area contributed by atoms with Crippen LogP contribution in [0.2, 0.25) is 0 Å². The predicted molar refractivity (Wildman–Crippen MR) is 26.6 cm³/mol. The highest BCUT2D eigenvalue weighted by Gasteiger charge is 2.35. The van der Waals surface area contributed by atoms with E-state index in [1.807, 2.05) is 6.92 Å². The standard InChI is InChI=1S/C5H8O3/c1-3-4(8-3)2-5(6)7/h3-4H,2H2,1H3,(H,6,7)/t3-,4+/m1/s1. The van der Waals surface area contributed by atoms with Gasteiger partial charge in [-0.1, -0.05) is 0 Å². The summed E-state index contributed by atoms with van der Waals surface area (Å²) < 4.78 is 4.85. The van der Waals surface area contributed by atoms with Crippen molar-refractivity contribution in [1.29, 1.82) is 0 Å². The summed E-state index contributed by atoms with van der Waals surface area (Å²) in [5.41, 5.74) is 0. The second-order valence-electron chi connectivity index (χ2n) is 1.98. The summed E-state index contributed by atoms with van der Waals surface area (Å²) in [6.45, 7) is 1.87. The highest BCUT2D eigenvalue weighted by molar-refractivity contribution is 5.67. The highest BCUT2D eigenvalue weighted by Crippen LogP contribution is 2.23. The zero-order valence-corrected chi connectivity index (χ0v) is 4.63. The third-order valence-electron chi connectivity index (χ3n) is 1.21. The minimum atomic E-state index is -0.778. The number of rotatable bonds is 2. The zero-order chi connectivity index (χ0) is 6.15. The van der Waals surface area contributed by atoms with E-state index >= 15 is 0 Å². The average molecular weight is 116 g/mol. The SMILES string of the molecule is C[C@H]1O[C@H]1CC(=O)O. The van der Waals surface area contributed by atoms with Gasteiger partial charge in [0.1, 0.15) is 0 Å². The number of carboxylic acid groups (broad SMARTS) is 1. The number of hydrogen-bond acceptors (Lipinski definition) is 2. The van der Waals surface area contributed by atoms with Crippen molar-refractivity contribution in [2.24, 2.45) is 0 Å². The fourth-order valence-corrected chi connectivity index (χ4v) is 0.617. The van der Waals surface area contributed by atoms with Crippen molar-refractivity contribution < 1.29 is 14.6 Å². The van der Waals surface area contributed by atoms with Gasteiger partial charge in [0.05, 0.1) is 18.6 Å². The minimum absolute atomic E-state index is 0.00694. The molecule has 0 radical (unpaired) electrons. The molecule has 1 heterocycles. The molecule has 0 aromatic rings. The molecule has 1 N–H and O–H groups in total. The van der Waals surface area contributed by atoms with Crippen LogP contribution in [0.4, 0.5) is 0 Å². The van der Waals surface area contributed by atoms with Crippen LogP contribution < -0.4 is 0 Å². The van der Waals surface area contributed by atoms with Crippen molar-refractivity contribution in [2.75, 3.05) is 0 Å². The first kappa shape index (κ1) is 5.56. The topological polar surface area (TPSA) is 49.8 Å². The zero-order valence-electron chi connectivity index (χ0n) is 4.63. The van der Waals surface area contributed by atoms with Gasteiger partial charge in [0.2, 0.25) is 0 Å². The Bertz CT molecular complexity index is 110. The average Bonchev–Trinajstić information content (AvgIpc) is 2.17. The maximum Gasteiger partial charge on any atom is 0.306 e. The molecule has 0 aliphatic carbocycles. The molecule has 0 bridgehead atoms. The fourth-order valence-electron chi connectivity index (χ4n) is 0.617. The molecule has 0 aromatic carbocycles. The molecule has 46 valence electrons. The van der Waals surface area contributed by atoms with Crippen molar-refractivity contribution in [3.05, 3.63) is 0 Å². The van der Waals surface area contributed by atoms with Gasteiger partial charge in [-0.15, -0.1) is 0 Å². The Morgan fingerprint density at radius 1 is 1.88 bits per heavy atom. The number of ether oxygens (including phenoxy) is 1. The molecule has 1 rings (SSSR count). The summed E-state index contributed by atoms with van der Waals surface area (Å²) >= 11 is 0. The van der Waals surface area contributed by atoms with Crippen LogP contribution >= 0.6 is 0 Å². The number of hydrogen-bond donors (Lipinski definition) is 1. The largest absolute Gasteiger partial charge is 0.481 e. The molecule has 0 unspecified atom stereocenters. The lowest BCUT2D eigenvalue weighted by atomic mass is 10.3. The van der Waals surface area contributed by atoms with Gasteiger partial charge in [-0.3, -0.25) is 4.79 Å². The first-order chi connectivity index (χ1) is 3.70. The van der Waals surface area contributed by atoms with E-state index in [0.717, 1.165) is 0 Å². The number of carbonyl (C=O) groups is 1. The molecule has 0 saturated carbocycles. The Kier molecular flexibility index (Phi) is 1.21. The number of epoxide rings is 1. The smallest absolute Gasteiger partial charge is 0.306 e. The summed E-state index contributed by atoms with van der Waals surface area (Å²) in [5, 5.41) is 8.16. The Morgan fingerprint density at radius 3 is 2.50 bits per heavy atom. The third-order valence-corrected chi connectivity index (χ3v) is 1.21. The molecule has 1 aliphatic rings. The van der Waals surface area contributed by atoms with Crippen LogP contribution in [-0.4, -0.2) is 23.3 Å². The van der Waals surface area contributed by atoms with Gasteiger partial charge in [-0.25, -0.2) is 0 Å². The van der Waals surface area contributed by atoms with E-state index in [-0.39, 0.29) is 18.6 Å². The van der Waals surface area contributed by atoms with Crippen molar-refractivity contribution >= 4 is 5.97 Å². The molecule has 0 spiro atoms. The Labute approximate surface area is 47.3 Å². The van der Waals surface area contributed by atoms with Crippen molar-refractivity contribution in [1.82, 2.24) is 0 Å². The van der Waals surface area contributed by atoms with Gasteiger partial charge >= 0.3 is 5.97 Å². The quantitative estimate of drug-likeness (QED) is 0.526. The van der Waals surface area contributed by atoms with E-state index < -0.39 is 5.97 Å². The molecule has 1 aliphatic heterocycles. The second kappa shape index (κ2) is 1.74. The van der Waals surface area contributed by atoms with Gasteiger partial charge < -0.3 is 9.84 Å². The van der Waals surface area contributed by atoms with Gasteiger partial charge in [-0.05, 0) is 6.92 Å². The molecule has 1 fully saturated rings. The van der Waals surface area contributed by atoms with E-state index in [4.69, 9.17) is 9.84 Å². The maximum atomic E-state index is 9.92. The molecule has 0 amide bonds. The van der Waals surface area contributed by atoms with Gasteiger partial charge in [0, 0.05) is 0 Å². The van der Waals surface area contributed by atoms with Crippen LogP contribution in [0.1, 0.15) is 13.3 Å². The van der Waals surface area contributed by atoms with Crippen LogP contribution in [0, 0.1) is 0 Å². The van der Waals surface area contributed by atoms with Crippen LogP contribution in [0.15, 0.2) is 0 Å². The highest BCUT2D eigenvalue weighted by atomic mass is 16.6. The van der Waals surface area contributed by atoms with Gasteiger partial charge in [0.15, 0.2) is 0 Å². The number of aliphatic carboxylic acids is 1. The lowest BCUT2D eigenvalue weighted by Gasteiger charge is -1.81. The summed E-state index contributed by atoms with van der Waals surface area (Å²) in [4.78, 5) is 9.92. The van der Waals surface area contributed by atoms with E-state index in [0.29, 0.717) is 0 Å². The predicted octanol–water partition coefficient (Wildman–Crippen LogP) is 0.248. The van der Waals surface area contributed by atoms with Crippen LogP contribution in [0.25, 0.3) is 0 Å². The minimum Gasteiger partial charge on any atom is -0.481 e. The molecule has 2 atom stereocenters. The molecule has 1 saturated heterocycles. The molecule has 3 heteroatoms. The Hall–Kier alpha value is -0.570. The van der Waals surface area contributed by atoms with E-state index in [9.17, 15) is 4.79 Å². The fraction of sp³-hybridized carbons (Fsp3) is 0.800. The van der Waals surface area contributed by atoms with Crippen molar-refractivity contribution in [3.63, 3.8) is 0 Å². The summed E-state index contributed by atoms with van der Waals surface area (Å²) in [6.07, 6.45) is 0.319. The summed E-state index contributed by atoms with van der Waals surface area (Å²) in [6, 6.07) is 0. The molecule has 8 heavy (non-hydrogen) atoms. The summed E-state index contributed by atoms with van der Waals surface area (Å²) in [7, 11) is 0. The van der Waals surface area contributed by atoms with E-state index in [1.165, 1.54) is 0 Å². The van der Waals surface area contributed by atoms with Crippen LogP contribution in [-0.2, 0) is 9.53 Å². The van der Waals surface area contributed by atoms with Crippen LogP contribution in [0.3, 0.4) is 0 Å². The van der Waals surface area contributed by atoms with Crippen molar-refractivity contribution in [2.45, 2.75) is 25.6 Å². The molecular weight excluding hydrogens is 108 g/mol. The van der Waals surface area contributed by atoms with E-state index in [2.05, 4.69) is 0 Å². The molecule has 3 nitrogen and oxygen atoms in total. The van der Waals surface area contributed by atoms with Crippen molar-refractivity contribution in [3.8, 4) is 0 Å². The lowest BCUT2D eigenvalue weighted by Crippen LogP contribution is -2.00. The summed E-state index contributed by atoms with van der Waals surface area (Å²) in [5.74, 6) is -0.778. The maximum absolute atomic E-state index is 9.92. The molecular formula is C5H8O3. The van der Waals surface area contributed by atoms with Crippen LogP contribution in [0.5, 0.6) is 0 Å². The third kappa shape index (κ3) is 1.20. The first-order valence-corrected chi connectivity index (χ1v) is 2.57. The molecule has 0 aromatic heterocycles. The Morgan fingerprint density at radius 2 is 2.38 bits per heavy atom. The van der Waals surface area contributed by atoms with Gasteiger partial charge in [-0.2, -0.15) is 0 Å². The number of carboxylic acids is 1. The van der Waals surface area contributed by atoms with E-state index in [1.54, 1.807) is 0 Å². The second-order valence-corrected chi connectivity index (χ2v) is 1.98. The van der Waals surface area contributed by atoms with Gasteiger partial charge in [0.25, 0.3) is 0 Å². The Balaban J connectivity index is 2.14. The first-order valence-electron chi connectivity index (χ1n) is 2.57. The lowest BCUT2D eigenvalue weighted by molar-refractivity contribution is -0.137. The normalized spacial score (nSPS) is 34.6. The monoisotopic (exact) mass is 116 g/mol.